The number of hydrogen-bond donors (Lipinski definition) is 0. The summed E-state index contributed by atoms with van der Waals surface area (Å²) in [4.78, 5) is 19.2. The molecule has 1 aromatic carbocycles. The zero-order valence-electron chi connectivity index (χ0n) is 12.7. The van der Waals surface area contributed by atoms with Crippen molar-refractivity contribution in [1.82, 2.24) is 4.90 Å². The number of rotatable bonds is 3. The van der Waals surface area contributed by atoms with E-state index in [4.69, 9.17) is 4.74 Å². The number of nitrogens with zero attached hydrogens (tertiary/aromatic N) is 2. The SMILES string of the molecule is CCOc1cccc(/C=C2\SC(N3CCCCC3)=NC2=O)c1. The Labute approximate surface area is 135 Å². The van der Waals surface area contributed by atoms with Crippen LogP contribution in [-0.4, -0.2) is 35.7 Å². The Morgan fingerprint density at radius 3 is 2.91 bits per heavy atom. The van der Waals surface area contributed by atoms with E-state index in [1.165, 1.54) is 31.0 Å². The Hall–Kier alpha value is -1.75. The van der Waals surface area contributed by atoms with Gasteiger partial charge in [-0.2, -0.15) is 4.99 Å². The van der Waals surface area contributed by atoms with Gasteiger partial charge in [-0.25, -0.2) is 0 Å². The zero-order valence-corrected chi connectivity index (χ0v) is 13.6. The first kappa shape index (κ1) is 15.2. The molecule has 2 aliphatic rings. The molecule has 3 rings (SSSR count). The van der Waals surface area contributed by atoms with Gasteiger partial charge in [0.15, 0.2) is 5.17 Å². The van der Waals surface area contributed by atoms with Crippen LogP contribution in [0.25, 0.3) is 6.08 Å². The topological polar surface area (TPSA) is 41.9 Å². The smallest absolute Gasteiger partial charge is 0.286 e. The standard InChI is InChI=1S/C17H20N2O2S/c1-2-21-14-8-6-7-13(11-14)12-15-16(20)18-17(22-15)19-9-4-3-5-10-19/h6-8,11-12H,2-5,9-10H2,1H3/b15-12-. The number of amides is 1. The van der Waals surface area contributed by atoms with E-state index in [-0.39, 0.29) is 5.91 Å². The van der Waals surface area contributed by atoms with Crippen LogP contribution in [0.15, 0.2) is 34.2 Å². The van der Waals surface area contributed by atoms with Gasteiger partial charge < -0.3 is 9.64 Å². The van der Waals surface area contributed by atoms with Crippen molar-refractivity contribution in [1.29, 1.82) is 0 Å². The predicted octanol–water partition coefficient (Wildman–Crippen LogP) is 3.54. The molecule has 0 saturated carbocycles. The molecular weight excluding hydrogens is 296 g/mol. The van der Waals surface area contributed by atoms with E-state index in [1.54, 1.807) is 0 Å². The third-order valence-electron chi connectivity index (χ3n) is 3.70. The van der Waals surface area contributed by atoms with Crippen LogP contribution in [0, 0.1) is 0 Å². The lowest BCUT2D eigenvalue weighted by atomic mass is 10.1. The Bertz CT molecular complexity index is 619. The second kappa shape index (κ2) is 7.01. The third kappa shape index (κ3) is 3.53. The van der Waals surface area contributed by atoms with Crippen LogP contribution >= 0.6 is 11.8 Å². The summed E-state index contributed by atoms with van der Waals surface area (Å²) >= 11 is 1.49. The van der Waals surface area contributed by atoms with Gasteiger partial charge in [0.05, 0.1) is 11.5 Å². The van der Waals surface area contributed by atoms with Crippen LogP contribution < -0.4 is 4.74 Å². The number of amidine groups is 1. The summed E-state index contributed by atoms with van der Waals surface area (Å²) in [5.41, 5.74) is 0.969. The maximum Gasteiger partial charge on any atom is 0.286 e. The van der Waals surface area contributed by atoms with Crippen molar-refractivity contribution in [2.24, 2.45) is 4.99 Å². The summed E-state index contributed by atoms with van der Waals surface area (Å²) in [7, 11) is 0. The lowest BCUT2D eigenvalue weighted by Crippen LogP contribution is -2.33. The van der Waals surface area contributed by atoms with Gasteiger partial charge in [0.2, 0.25) is 0 Å². The van der Waals surface area contributed by atoms with Crippen LogP contribution in [0.4, 0.5) is 0 Å². The highest BCUT2D eigenvalue weighted by atomic mass is 32.2. The summed E-state index contributed by atoms with van der Waals surface area (Å²) in [5.74, 6) is 0.692. The molecule has 116 valence electrons. The lowest BCUT2D eigenvalue weighted by molar-refractivity contribution is -0.113. The monoisotopic (exact) mass is 316 g/mol. The molecule has 2 aliphatic heterocycles. The molecule has 0 radical (unpaired) electrons. The summed E-state index contributed by atoms with van der Waals surface area (Å²) in [6, 6.07) is 7.78. The second-order valence-corrected chi connectivity index (χ2v) is 6.37. The maximum atomic E-state index is 12.1. The number of likely N-dealkylation sites (tertiary alicyclic amines) is 1. The van der Waals surface area contributed by atoms with E-state index >= 15 is 0 Å². The molecule has 0 aromatic heterocycles. The number of hydrogen-bond acceptors (Lipinski definition) is 4. The van der Waals surface area contributed by atoms with Gasteiger partial charge in [-0.1, -0.05) is 12.1 Å². The molecule has 1 aromatic rings. The molecule has 1 saturated heterocycles. The van der Waals surface area contributed by atoms with Gasteiger partial charge >= 0.3 is 0 Å². The molecule has 0 aliphatic carbocycles. The van der Waals surface area contributed by atoms with Crippen molar-refractivity contribution in [2.45, 2.75) is 26.2 Å². The van der Waals surface area contributed by atoms with Crippen LogP contribution in [0.5, 0.6) is 5.75 Å². The van der Waals surface area contributed by atoms with Gasteiger partial charge in [-0.05, 0) is 61.7 Å². The van der Waals surface area contributed by atoms with Crippen LogP contribution in [-0.2, 0) is 4.79 Å². The number of benzene rings is 1. The fourth-order valence-electron chi connectivity index (χ4n) is 2.63. The van der Waals surface area contributed by atoms with Gasteiger partial charge in [-0.3, -0.25) is 4.79 Å². The first-order valence-electron chi connectivity index (χ1n) is 7.76. The minimum atomic E-state index is -0.132. The Morgan fingerprint density at radius 2 is 2.14 bits per heavy atom. The van der Waals surface area contributed by atoms with Crippen LogP contribution in [0.1, 0.15) is 31.7 Å². The second-order valence-electron chi connectivity index (χ2n) is 5.36. The summed E-state index contributed by atoms with van der Waals surface area (Å²) in [6.45, 7) is 4.61. The van der Waals surface area contributed by atoms with Gasteiger partial charge in [0, 0.05) is 13.1 Å². The van der Waals surface area contributed by atoms with Crippen molar-refractivity contribution in [3.05, 3.63) is 34.7 Å². The zero-order chi connectivity index (χ0) is 15.4. The molecule has 0 spiro atoms. The minimum Gasteiger partial charge on any atom is -0.494 e. The Balaban J connectivity index is 1.73. The molecule has 1 fully saturated rings. The Morgan fingerprint density at radius 1 is 1.32 bits per heavy atom. The van der Waals surface area contributed by atoms with E-state index in [9.17, 15) is 4.79 Å². The highest BCUT2D eigenvalue weighted by Crippen LogP contribution is 2.31. The van der Waals surface area contributed by atoms with Gasteiger partial charge in [0.1, 0.15) is 5.75 Å². The number of carbonyl (C=O) groups is 1. The molecule has 5 heteroatoms. The number of carbonyl (C=O) groups excluding carboxylic acids is 1. The third-order valence-corrected chi connectivity index (χ3v) is 4.75. The lowest BCUT2D eigenvalue weighted by Gasteiger charge is -2.27. The molecular formula is C17H20N2O2S. The van der Waals surface area contributed by atoms with E-state index in [1.807, 2.05) is 37.3 Å². The van der Waals surface area contributed by atoms with Crippen molar-refractivity contribution in [3.8, 4) is 5.75 Å². The first-order valence-corrected chi connectivity index (χ1v) is 8.58. The van der Waals surface area contributed by atoms with Crippen LogP contribution in [0.3, 0.4) is 0 Å². The van der Waals surface area contributed by atoms with Gasteiger partial charge in [-0.15, -0.1) is 0 Å². The number of piperidine rings is 1. The van der Waals surface area contributed by atoms with E-state index in [0.29, 0.717) is 11.5 Å². The fourth-order valence-corrected chi connectivity index (χ4v) is 3.60. The van der Waals surface area contributed by atoms with Crippen molar-refractivity contribution < 1.29 is 9.53 Å². The minimum absolute atomic E-state index is 0.132. The van der Waals surface area contributed by atoms with E-state index in [2.05, 4.69) is 9.89 Å². The highest BCUT2D eigenvalue weighted by Gasteiger charge is 2.26. The molecule has 0 N–H and O–H groups in total. The van der Waals surface area contributed by atoms with E-state index in [0.717, 1.165) is 29.6 Å². The van der Waals surface area contributed by atoms with Crippen LogP contribution in [0.2, 0.25) is 0 Å². The summed E-state index contributed by atoms with van der Waals surface area (Å²) in [5, 5.41) is 0.858. The molecule has 2 heterocycles. The summed E-state index contributed by atoms with van der Waals surface area (Å²) < 4.78 is 5.50. The molecule has 22 heavy (non-hydrogen) atoms. The Kier molecular flexibility index (Phi) is 4.83. The van der Waals surface area contributed by atoms with E-state index < -0.39 is 0 Å². The summed E-state index contributed by atoms with van der Waals surface area (Å²) in [6.07, 6.45) is 5.54. The van der Waals surface area contributed by atoms with Crippen molar-refractivity contribution >= 4 is 28.9 Å². The average molecular weight is 316 g/mol. The largest absolute Gasteiger partial charge is 0.494 e. The first-order chi connectivity index (χ1) is 10.8. The molecule has 0 unspecified atom stereocenters. The quantitative estimate of drug-likeness (QED) is 0.800. The van der Waals surface area contributed by atoms with Crippen molar-refractivity contribution in [3.63, 3.8) is 0 Å². The number of ether oxygens (including phenoxy) is 1. The molecule has 0 bridgehead atoms. The fraction of sp³-hybridized carbons (Fsp3) is 0.412. The normalized spacial score (nSPS) is 20.4. The molecule has 0 atom stereocenters. The van der Waals surface area contributed by atoms with Gasteiger partial charge in [0.25, 0.3) is 5.91 Å². The number of thioether (sulfide) groups is 1. The number of aliphatic imine (C=N–C) groups is 1. The van der Waals surface area contributed by atoms with Crippen molar-refractivity contribution in [2.75, 3.05) is 19.7 Å². The molecule has 4 nitrogen and oxygen atoms in total. The highest BCUT2D eigenvalue weighted by molar-refractivity contribution is 8.18. The maximum absolute atomic E-state index is 12.1. The predicted molar refractivity (Wildman–Crippen MR) is 91.0 cm³/mol. The molecule has 1 amide bonds. The average Bonchev–Trinajstić information content (AvgIpc) is 2.90.